The molecule has 100 valence electrons. The number of carbonyl (C=O) groups is 1. The van der Waals surface area contributed by atoms with Gasteiger partial charge in [0.15, 0.2) is 0 Å². The molecule has 0 aliphatic carbocycles. The lowest BCUT2D eigenvalue weighted by Gasteiger charge is -2.17. The summed E-state index contributed by atoms with van der Waals surface area (Å²) < 4.78 is 1.88. The Balaban J connectivity index is 2.12. The summed E-state index contributed by atoms with van der Waals surface area (Å²) in [6, 6.07) is 3.26. The van der Waals surface area contributed by atoms with Crippen LogP contribution in [0, 0.1) is 0 Å². The summed E-state index contributed by atoms with van der Waals surface area (Å²) in [6.07, 6.45) is 5.09. The highest BCUT2D eigenvalue weighted by molar-refractivity contribution is 5.94. The van der Waals surface area contributed by atoms with Gasteiger partial charge in [0.1, 0.15) is 11.6 Å². The number of nitrogens with zero attached hydrogens (tertiary/aromatic N) is 4. The summed E-state index contributed by atoms with van der Waals surface area (Å²) in [7, 11) is 3.62. The van der Waals surface area contributed by atoms with Gasteiger partial charge in [-0.15, -0.1) is 0 Å². The fraction of sp³-hybridized carbons (Fsp3) is 0.250. The molecule has 2 rings (SSSR count). The Morgan fingerprint density at radius 1 is 1.47 bits per heavy atom. The van der Waals surface area contributed by atoms with Crippen LogP contribution in [0.1, 0.15) is 16.2 Å². The van der Waals surface area contributed by atoms with Gasteiger partial charge in [-0.25, -0.2) is 15.8 Å². The van der Waals surface area contributed by atoms with E-state index < -0.39 is 0 Å². The molecule has 0 aliphatic rings. The minimum absolute atomic E-state index is 0.109. The Labute approximate surface area is 111 Å². The van der Waals surface area contributed by atoms with Crippen molar-refractivity contribution in [3.05, 3.63) is 42.1 Å². The van der Waals surface area contributed by atoms with Crippen molar-refractivity contribution < 1.29 is 4.79 Å². The molecule has 7 heteroatoms. The minimum atomic E-state index is -0.109. The molecule has 0 aliphatic heterocycles. The monoisotopic (exact) mass is 260 g/mol. The van der Waals surface area contributed by atoms with E-state index in [2.05, 4.69) is 15.4 Å². The van der Waals surface area contributed by atoms with Gasteiger partial charge >= 0.3 is 0 Å². The number of hydrazine groups is 1. The van der Waals surface area contributed by atoms with E-state index >= 15 is 0 Å². The third-order valence-electron chi connectivity index (χ3n) is 2.80. The van der Waals surface area contributed by atoms with Crippen molar-refractivity contribution in [1.82, 2.24) is 19.4 Å². The number of rotatable bonds is 4. The van der Waals surface area contributed by atoms with Gasteiger partial charge in [-0.2, -0.15) is 0 Å². The first kappa shape index (κ1) is 13.0. The first-order valence-corrected chi connectivity index (χ1v) is 5.76. The van der Waals surface area contributed by atoms with Crippen LogP contribution in [0.4, 0.5) is 5.82 Å². The topological polar surface area (TPSA) is 89.1 Å². The van der Waals surface area contributed by atoms with Crippen LogP contribution in [0.25, 0.3) is 0 Å². The van der Waals surface area contributed by atoms with E-state index in [1.54, 1.807) is 30.3 Å². The molecule has 0 aromatic carbocycles. The van der Waals surface area contributed by atoms with E-state index in [9.17, 15) is 4.79 Å². The third-order valence-corrected chi connectivity index (χ3v) is 2.80. The second-order valence-corrected chi connectivity index (χ2v) is 4.19. The number of aromatic nitrogens is 3. The first-order valence-electron chi connectivity index (χ1n) is 5.76. The summed E-state index contributed by atoms with van der Waals surface area (Å²) in [6.45, 7) is 0.441. The summed E-state index contributed by atoms with van der Waals surface area (Å²) in [5, 5.41) is 0. The normalized spacial score (nSPS) is 10.3. The maximum absolute atomic E-state index is 12.2. The maximum Gasteiger partial charge on any atom is 0.254 e. The molecule has 3 N–H and O–H groups in total. The Kier molecular flexibility index (Phi) is 3.76. The predicted molar refractivity (Wildman–Crippen MR) is 71.1 cm³/mol. The van der Waals surface area contributed by atoms with Gasteiger partial charge in [0.2, 0.25) is 0 Å². The van der Waals surface area contributed by atoms with Gasteiger partial charge in [0.05, 0.1) is 6.54 Å². The van der Waals surface area contributed by atoms with E-state index in [0.29, 0.717) is 17.9 Å². The molecule has 0 fully saturated rings. The second-order valence-electron chi connectivity index (χ2n) is 4.19. The van der Waals surface area contributed by atoms with E-state index in [0.717, 1.165) is 5.82 Å². The van der Waals surface area contributed by atoms with Crippen LogP contribution >= 0.6 is 0 Å². The lowest BCUT2D eigenvalue weighted by Crippen LogP contribution is -2.27. The van der Waals surface area contributed by atoms with Crippen molar-refractivity contribution in [1.29, 1.82) is 0 Å². The largest absolute Gasteiger partial charge is 0.337 e. The van der Waals surface area contributed by atoms with Gasteiger partial charge in [-0.1, -0.05) is 0 Å². The molecule has 0 atom stereocenters. The van der Waals surface area contributed by atoms with Crippen molar-refractivity contribution in [2.75, 3.05) is 12.5 Å². The Hall–Kier alpha value is -2.41. The standard InChI is InChI=1S/C12H16N6O/c1-17-6-5-15-11(17)8-18(2)12(19)9-3-4-14-10(7-9)16-13/h3-7H,8,13H2,1-2H3,(H,14,16). The lowest BCUT2D eigenvalue weighted by molar-refractivity contribution is 0.0780. The maximum atomic E-state index is 12.2. The highest BCUT2D eigenvalue weighted by Crippen LogP contribution is 2.09. The van der Waals surface area contributed by atoms with Crippen LogP contribution in [-0.4, -0.2) is 32.4 Å². The molecular formula is C12H16N6O. The third kappa shape index (κ3) is 2.89. The van der Waals surface area contributed by atoms with Crippen LogP contribution in [-0.2, 0) is 13.6 Å². The van der Waals surface area contributed by atoms with E-state index in [1.807, 2.05) is 17.8 Å². The number of aryl methyl sites for hydroxylation is 1. The molecule has 7 nitrogen and oxygen atoms in total. The molecule has 0 saturated carbocycles. The summed E-state index contributed by atoms with van der Waals surface area (Å²) in [4.78, 5) is 22.0. The molecule has 0 unspecified atom stereocenters. The van der Waals surface area contributed by atoms with Gasteiger partial charge in [-0.05, 0) is 12.1 Å². The average Bonchev–Trinajstić information content (AvgIpc) is 2.83. The van der Waals surface area contributed by atoms with Crippen LogP contribution in [0.5, 0.6) is 0 Å². The average molecular weight is 260 g/mol. The number of nitrogens with two attached hydrogens (primary N) is 1. The number of imidazole rings is 1. The Bertz CT molecular complexity index is 579. The summed E-state index contributed by atoms with van der Waals surface area (Å²) in [5.74, 6) is 6.44. The van der Waals surface area contributed by atoms with Gasteiger partial charge < -0.3 is 14.9 Å². The lowest BCUT2D eigenvalue weighted by atomic mass is 10.2. The minimum Gasteiger partial charge on any atom is -0.337 e. The van der Waals surface area contributed by atoms with Crippen molar-refractivity contribution >= 4 is 11.7 Å². The van der Waals surface area contributed by atoms with Crippen molar-refractivity contribution in [3.63, 3.8) is 0 Å². The zero-order valence-electron chi connectivity index (χ0n) is 10.9. The molecule has 2 aromatic rings. The molecule has 2 heterocycles. The zero-order chi connectivity index (χ0) is 13.8. The fourth-order valence-corrected chi connectivity index (χ4v) is 1.70. The van der Waals surface area contributed by atoms with E-state index in [4.69, 9.17) is 5.84 Å². The number of nitrogens with one attached hydrogen (secondary N) is 1. The molecule has 0 saturated heterocycles. The SMILES string of the molecule is CN(Cc1nccn1C)C(=O)c1ccnc(NN)c1. The molecule has 0 spiro atoms. The van der Waals surface area contributed by atoms with Gasteiger partial charge in [0.25, 0.3) is 5.91 Å². The summed E-state index contributed by atoms with van der Waals surface area (Å²) in [5.41, 5.74) is 2.94. The Morgan fingerprint density at radius 2 is 2.26 bits per heavy atom. The van der Waals surface area contributed by atoms with Crippen LogP contribution in [0.3, 0.4) is 0 Å². The van der Waals surface area contributed by atoms with Gasteiger partial charge in [0, 0.05) is 38.2 Å². The quantitative estimate of drug-likeness (QED) is 0.612. The highest BCUT2D eigenvalue weighted by atomic mass is 16.2. The highest BCUT2D eigenvalue weighted by Gasteiger charge is 2.14. The number of hydrogen-bond donors (Lipinski definition) is 2. The Morgan fingerprint density at radius 3 is 2.89 bits per heavy atom. The number of anilines is 1. The molecule has 1 amide bonds. The number of amides is 1. The molecule has 2 aromatic heterocycles. The van der Waals surface area contributed by atoms with Crippen molar-refractivity contribution in [2.45, 2.75) is 6.54 Å². The predicted octanol–water partition coefficient (Wildman–Crippen LogP) is 0.373. The van der Waals surface area contributed by atoms with E-state index in [1.165, 1.54) is 6.20 Å². The van der Waals surface area contributed by atoms with Crippen molar-refractivity contribution in [3.8, 4) is 0 Å². The molecular weight excluding hydrogens is 244 g/mol. The van der Waals surface area contributed by atoms with Crippen LogP contribution in [0.2, 0.25) is 0 Å². The molecule has 0 radical (unpaired) electrons. The first-order chi connectivity index (χ1) is 9.11. The number of hydrogen-bond acceptors (Lipinski definition) is 5. The summed E-state index contributed by atoms with van der Waals surface area (Å²) >= 11 is 0. The van der Waals surface area contributed by atoms with E-state index in [-0.39, 0.29) is 5.91 Å². The smallest absolute Gasteiger partial charge is 0.254 e. The van der Waals surface area contributed by atoms with Crippen LogP contribution in [0.15, 0.2) is 30.7 Å². The fourth-order valence-electron chi connectivity index (χ4n) is 1.70. The molecule has 19 heavy (non-hydrogen) atoms. The number of carbonyl (C=O) groups excluding carboxylic acids is 1. The number of pyridine rings is 1. The number of nitrogen functional groups attached to an aromatic ring is 1. The van der Waals surface area contributed by atoms with Gasteiger partial charge in [-0.3, -0.25) is 4.79 Å². The second kappa shape index (κ2) is 5.49. The molecule has 0 bridgehead atoms. The van der Waals surface area contributed by atoms with Crippen LogP contribution < -0.4 is 11.3 Å². The zero-order valence-corrected chi connectivity index (χ0v) is 10.9. The van der Waals surface area contributed by atoms with Crippen molar-refractivity contribution in [2.24, 2.45) is 12.9 Å².